The minimum atomic E-state index is -0.581. The van der Waals surface area contributed by atoms with Gasteiger partial charge in [-0.25, -0.2) is 9.18 Å². The average Bonchev–Trinajstić information content (AvgIpc) is 2.67. The van der Waals surface area contributed by atoms with E-state index in [9.17, 15) is 14.0 Å². The monoisotopic (exact) mass is 402 g/mol. The molecule has 3 amide bonds. The predicted octanol–water partition coefficient (Wildman–Crippen LogP) is 3.34. The van der Waals surface area contributed by atoms with E-state index in [4.69, 9.17) is 11.6 Å². The van der Waals surface area contributed by atoms with Crippen LogP contribution in [0.25, 0.3) is 0 Å². The van der Waals surface area contributed by atoms with Crippen molar-refractivity contribution in [3.63, 3.8) is 0 Å². The van der Waals surface area contributed by atoms with E-state index in [1.165, 1.54) is 12.1 Å². The molecule has 4 rings (SSSR count). The second-order valence-electron chi connectivity index (χ2n) is 7.12. The summed E-state index contributed by atoms with van der Waals surface area (Å²) in [5, 5.41) is 9.85. The fourth-order valence-electron chi connectivity index (χ4n) is 3.62. The number of hydrogen-bond acceptors (Lipinski definition) is 3. The lowest BCUT2D eigenvalue weighted by molar-refractivity contribution is 0.0848. The molecule has 1 fully saturated rings. The Labute approximate surface area is 167 Å². The molecule has 0 bridgehead atoms. The summed E-state index contributed by atoms with van der Waals surface area (Å²) in [5.74, 6) is -0.444. The van der Waals surface area contributed by atoms with Crippen molar-refractivity contribution in [2.45, 2.75) is 25.0 Å². The molecule has 0 saturated carbocycles. The van der Waals surface area contributed by atoms with Crippen molar-refractivity contribution in [1.82, 2.24) is 15.5 Å². The summed E-state index contributed by atoms with van der Waals surface area (Å²) >= 11 is 6.06. The molecular formula is C20H20ClFN4O2. The molecule has 0 atom stereocenters. The number of carbonyl (C=O) groups is 2. The summed E-state index contributed by atoms with van der Waals surface area (Å²) in [6.45, 7) is 1.33. The number of nitrogens with zero attached hydrogens (tertiary/aromatic N) is 1. The van der Waals surface area contributed by atoms with E-state index in [2.05, 4.69) is 16.0 Å². The lowest BCUT2D eigenvalue weighted by Gasteiger charge is -2.45. The second-order valence-corrected chi connectivity index (χ2v) is 7.56. The Balaban J connectivity index is 1.36. The first-order chi connectivity index (χ1) is 13.4. The molecule has 2 heterocycles. The van der Waals surface area contributed by atoms with Crippen molar-refractivity contribution in [2.24, 2.45) is 0 Å². The van der Waals surface area contributed by atoms with E-state index in [0.717, 1.165) is 5.56 Å². The average molecular weight is 403 g/mol. The number of hydrogen-bond donors (Lipinski definition) is 3. The lowest BCUT2D eigenvalue weighted by atomic mass is 9.92. The van der Waals surface area contributed by atoms with E-state index in [1.807, 2.05) is 0 Å². The van der Waals surface area contributed by atoms with Gasteiger partial charge in [-0.2, -0.15) is 0 Å². The molecule has 146 valence electrons. The number of carbonyl (C=O) groups excluding carboxylic acids is 2. The van der Waals surface area contributed by atoms with Crippen LogP contribution in [-0.4, -0.2) is 35.6 Å². The fraction of sp³-hybridized carbons (Fsp3) is 0.300. The SMILES string of the molecule is O=C1NC2(CCN(C(=O)NCc3ccc(F)cc3)CC2)Nc2cc(Cl)ccc21. The van der Waals surface area contributed by atoms with Crippen molar-refractivity contribution < 1.29 is 14.0 Å². The number of amides is 3. The number of anilines is 1. The Morgan fingerprint density at radius 3 is 2.57 bits per heavy atom. The first-order valence-corrected chi connectivity index (χ1v) is 9.49. The van der Waals surface area contributed by atoms with Crippen LogP contribution in [0.15, 0.2) is 42.5 Å². The standard InChI is InChI=1S/C20H20ClFN4O2/c21-14-3-6-16-17(11-14)24-20(25-18(16)27)7-9-26(10-8-20)19(28)23-12-13-1-4-15(22)5-2-13/h1-6,11,24H,7-10,12H2,(H,23,28)(H,25,27). The number of rotatable bonds is 2. The molecular weight excluding hydrogens is 383 g/mol. The summed E-state index contributed by atoms with van der Waals surface area (Å²) in [4.78, 5) is 26.6. The van der Waals surface area contributed by atoms with Gasteiger partial charge in [-0.05, 0) is 35.9 Å². The van der Waals surface area contributed by atoms with Crippen LogP contribution in [0.1, 0.15) is 28.8 Å². The molecule has 1 spiro atoms. The summed E-state index contributed by atoms with van der Waals surface area (Å²) in [5.41, 5.74) is 1.53. The maximum absolute atomic E-state index is 13.0. The molecule has 0 unspecified atom stereocenters. The van der Waals surface area contributed by atoms with Gasteiger partial charge in [0.2, 0.25) is 0 Å². The lowest BCUT2D eigenvalue weighted by Crippen LogP contribution is -2.63. The van der Waals surface area contributed by atoms with Gasteiger partial charge in [0.15, 0.2) is 0 Å². The molecule has 0 aromatic heterocycles. The highest BCUT2D eigenvalue weighted by molar-refractivity contribution is 6.31. The summed E-state index contributed by atoms with van der Waals surface area (Å²) in [7, 11) is 0. The van der Waals surface area contributed by atoms with Gasteiger partial charge in [-0.3, -0.25) is 4.79 Å². The van der Waals surface area contributed by atoms with Crippen LogP contribution in [0.2, 0.25) is 5.02 Å². The van der Waals surface area contributed by atoms with E-state index in [-0.39, 0.29) is 17.8 Å². The third kappa shape index (κ3) is 3.75. The number of halogens is 2. The van der Waals surface area contributed by atoms with Gasteiger partial charge in [0.25, 0.3) is 5.91 Å². The van der Waals surface area contributed by atoms with Crippen LogP contribution in [0.4, 0.5) is 14.9 Å². The molecule has 28 heavy (non-hydrogen) atoms. The minimum Gasteiger partial charge on any atom is -0.362 e. The van der Waals surface area contributed by atoms with E-state index < -0.39 is 5.66 Å². The maximum atomic E-state index is 13.0. The zero-order chi connectivity index (χ0) is 19.7. The number of piperidine rings is 1. The Morgan fingerprint density at radius 2 is 1.86 bits per heavy atom. The van der Waals surface area contributed by atoms with Crippen LogP contribution in [0, 0.1) is 5.82 Å². The summed E-state index contributed by atoms with van der Waals surface area (Å²) in [6, 6.07) is 11.0. The predicted molar refractivity (Wildman–Crippen MR) is 105 cm³/mol. The first-order valence-electron chi connectivity index (χ1n) is 9.12. The molecule has 8 heteroatoms. The third-order valence-electron chi connectivity index (χ3n) is 5.21. The zero-order valence-corrected chi connectivity index (χ0v) is 15.9. The first kappa shape index (κ1) is 18.6. The highest BCUT2D eigenvalue weighted by Gasteiger charge is 2.41. The molecule has 2 aromatic rings. The van der Waals surface area contributed by atoms with Crippen LogP contribution < -0.4 is 16.0 Å². The van der Waals surface area contributed by atoms with Crippen LogP contribution in [-0.2, 0) is 6.54 Å². The largest absolute Gasteiger partial charge is 0.362 e. The number of likely N-dealkylation sites (tertiary alicyclic amines) is 1. The van der Waals surface area contributed by atoms with E-state index in [1.54, 1.807) is 35.2 Å². The Bertz CT molecular complexity index is 911. The maximum Gasteiger partial charge on any atom is 0.317 e. The molecule has 1 saturated heterocycles. The van der Waals surface area contributed by atoms with Gasteiger partial charge in [-0.15, -0.1) is 0 Å². The van der Waals surface area contributed by atoms with Crippen LogP contribution in [0.3, 0.4) is 0 Å². The van der Waals surface area contributed by atoms with Crippen molar-refractivity contribution in [3.05, 3.63) is 64.4 Å². The number of urea groups is 1. The normalized spacial score (nSPS) is 17.5. The second kappa shape index (κ2) is 7.31. The van der Waals surface area contributed by atoms with Gasteiger partial charge in [-0.1, -0.05) is 23.7 Å². The van der Waals surface area contributed by atoms with Gasteiger partial charge in [0, 0.05) is 37.5 Å². The highest BCUT2D eigenvalue weighted by Crippen LogP contribution is 2.32. The van der Waals surface area contributed by atoms with E-state index >= 15 is 0 Å². The molecule has 3 N–H and O–H groups in total. The molecule has 2 aliphatic rings. The van der Waals surface area contributed by atoms with Gasteiger partial charge >= 0.3 is 6.03 Å². The summed E-state index contributed by atoms with van der Waals surface area (Å²) in [6.07, 6.45) is 1.16. The quantitative estimate of drug-likeness (QED) is 0.721. The number of benzene rings is 2. The summed E-state index contributed by atoms with van der Waals surface area (Å²) < 4.78 is 13.0. The minimum absolute atomic E-state index is 0.139. The smallest absolute Gasteiger partial charge is 0.317 e. The molecule has 2 aliphatic heterocycles. The topological polar surface area (TPSA) is 73.5 Å². The van der Waals surface area contributed by atoms with Gasteiger partial charge in [0.05, 0.1) is 11.3 Å². The Morgan fingerprint density at radius 1 is 1.14 bits per heavy atom. The van der Waals surface area contributed by atoms with Crippen molar-refractivity contribution in [1.29, 1.82) is 0 Å². The van der Waals surface area contributed by atoms with Gasteiger partial charge < -0.3 is 20.9 Å². The number of fused-ring (bicyclic) bond motifs is 1. The fourth-order valence-corrected chi connectivity index (χ4v) is 3.80. The van der Waals surface area contributed by atoms with Crippen molar-refractivity contribution in [2.75, 3.05) is 18.4 Å². The van der Waals surface area contributed by atoms with Crippen LogP contribution >= 0.6 is 11.6 Å². The molecule has 6 nitrogen and oxygen atoms in total. The molecule has 0 radical (unpaired) electrons. The zero-order valence-electron chi connectivity index (χ0n) is 15.1. The molecule has 0 aliphatic carbocycles. The third-order valence-corrected chi connectivity index (χ3v) is 5.45. The molecule has 2 aromatic carbocycles. The Hall–Kier alpha value is -2.80. The van der Waals surface area contributed by atoms with Gasteiger partial charge in [0.1, 0.15) is 11.5 Å². The van der Waals surface area contributed by atoms with Crippen LogP contribution in [0.5, 0.6) is 0 Å². The van der Waals surface area contributed by atoms with Crippen molar-refractivity contribution in [3.8, 4) is 0 Å². The highest BCUT2D eigenvalue weighted by atomic mass is 35.5. The van der Waals surface area contributed by atoms with E-state index in [0.29, 0.717) is 48.7 Å². The number of nitrogens with one attached hydrogen (secondary N) is 3. The Kier molecular flexibility index (Phi) is 4.85. The van der Waals surface area contributed by atoms with Crippen molar-refractivity contribution >= 4 is 29.2 Å².